The molecule has 0 aliphatic rings. The molecule has 2 aromatic rings. The molecular formula is C14H12N2. The number of nitrogens with zero attached hydrogens (tertiary/aromatic N) is 1. The van der Waals surface area contributed by atoms with E-state index in [2.05, 4.69) is 11.4 Å². The first-order valence-electron chi connectivity index (χ1n) is 5.12. The molecule has 1 N–H and O–H groups in total. The van der Waals surface area contributed by atoms with Gasteiger partial charge < -0.3 is 5.32 Å². The van der Waals surface area contributed by atoms with Crippen LogP contribution in [0.25, 0.3) is 0 Å². The molecule has 0 amide bonds. The van der Waals surface area contributed by atoms with Crippen molar-refractivity contribution in [2.45, 2.75) is 6.92 Å². The fraction of sp³-hybridized carbons (Fsp3) is 0.0714. The van der Waals surface area contributed by atoms with Crippen molar-refractivity contribution in [3.05, 3.63) is 59.7 Å². The lowest BCUT2D eigenvalue weighted by molar-refractivity contribution is 1.44. The summed E-state index contributed by atoms with van der Waals surface area (Å²) in [6.45, 7) is 2.05. The molecule has 0 fully saturated rings. The molecular weight excluding hydrogens is 196 g/mol. The fourth-order valence-electron chi connectivity index (χ4n) is 1.48. The van der Waals surface area contributed by atoms with E-state index in [1.165, 1.54) is 5.56 Å². The van der Waals surface area contributed by atoms with Crippen LogP contribution in [-0.4, -0.2) is 0 Å². The lowest BCUT2D eigenvalue weighted by Crippen LogP contribution is -1.92. The topological polar surface area (TPSA) is 35.8 Å². The van der Waals surface area contributed by atoms with Crippen molar-refractivity contribution in [2.75, 3.05) is 5.32 Å². The van der Waals surface area contributed by atoms with Crippen LogP contribution in [0.2, 0.25) is 0 Å². The molecule has 0 radical (unpaired) electrons. The maximum absolute atomic E-state index is 8.95. The van der Waals surface area contributed by atoms with Gasteiger partial charge in [-0.25, -0.2) is 0 Å². The predicted octanol–water partition coefficient (Wildman–Crippen LogP) is 3.61. The van der Waals surface area contributed by atoms with Crippen molar-refractivity contribution >= 4 is 11.4 Å². The molecule has 16 heavy (non-hydrogen) atoms. The van der Waals surface area contributed by atoms with Crippen LogP contribution in [-0.2, 0) is 0 Å². The molecule has 0 aromatic heterocycles. The summed E-state index contributed by atoms with van der Waals surface area (Å²) in [6, 6.07) is 17.7. The van der Waals surface area contributed by atoms with Crippen molar-refractivity contribution in [1.29, 1.82) is 5.26 Å². The minimum absolute atomic E-state index is 0.656. The van der Waals surface area contributed by atoms with Gasteiger partial charge in [-0.1, -0.05) is 29.8 Å². The Morgan fingerprint density at radius 1 is 1.00 bits per heavy atom. The highest BCUT2D eigenvalue weighted by atomic mass is 14.9. The third-order valence-electron chi connectivity index (χ3n) is 2.38. The average Bonchev–Trinajstić information content (AvgIpc) is 2.33. The third kappa shape index (κ3) is 2.21. The van der Waals surface area contributed by atoms with Gasteiger partial charge in [0.15, 0.2) is 0 Å². The number of hydrogen-bond acceptors (Lipinski definition) is 2. The Kier molecular flexibility index (Phi) is 2.88. The highest BCUT2D eigenvalue weighted by molar-refractivity contribution is 5.66. The fourth-order valence-corrected chi connectivity index (χ4v) is 1.48. The predicted molar refractivity (Wildman–Crippen MR) is 65.6 cm³/mol. The van der Waals surface area contributed by atoms with Crippen LogP contribution in [0.4, 0.5) is 11.4 Å². The number of nitriles is 1. The van der Waals surface area contributed by atoms with Gasteiger partial charge >= 0.3 is 0 Å². The molecule has 2 aromatic carbocycles. The second-order valence-electron chi connectivity index (χ2n) is 3.65. The number of nitrogens with one attached hydrogen (secondary N) is 1. The van der Waals surface area contributed by atoms with E-state index in [4.69, 9.17) is 5.26 Å². The molecule has 2 rings (SSSR count). The Bertz CT molecular complexity index is 521. The van der Waals surface area contributed by atoms with Crippen LogP contribution >= 0.6 is 0 Å². The molecule has 0 heterocycles. The molecule has 2 nitrogen and oxygen atoms in total. The first-order chi connectivity index (χ1) is 7.79. The summed E-state index contributed by atoms with van der Waals surface area (Å²) < 4.78 is 0. The standard InChI is InChI=1S/C14H12N2/c1-11-6-8-13(9-7-11)16-14-5-3-2-4-12(14)10-15/h2-9,16H,1H3. The molecule has 0 atom stereocenters. The zero-order valence-electron chi connectivity index (χ0n) is 9.07. The molecule has 0 aliphatic carbocycles. The Hall–Kier alpha value is -2.27. The zero-order valence-corrected chi connectivity index (χ0v) is 9.07. The highest BCUT2D eigenvalue weighted by Crippen LogP contribution is 2.20. The Balaban J connectivity index is 2.27. The van der Waals surface area contributed by atoms with Gasteiger partial charge in [0, 0.05) is 5.69 Å². The molecule has 0 bridgehead atoms. The van der Waals surface area contributed by atoms with Crippen LogP contribution in [0.1, 0.15) is 11.1 Å². The van der Waals surface area contributed by atoms with Crippen molar-refractivity contribution in [3.63, 3.8) is 0 Å². The van der Waals surface area contributed by atoms with Gasteiger partial charge in [0.05, 0.1) is 11.3 Å². The summed E-state index contributed by atoms with van der Waals surface area (Å²) in [5, 5.41) is 12.2. The second-order valence-corrected chi connectivity index (χ2v) is 3.65. The Morgan fingerprint density at radius 2 is 1.69 bits per heavy atom. The maximum atomic E-state index is 8.95. The summed E-state index contributed by atoms with van der Waals surface area (Å²) in [5.41, 5.74) is 3.71. The number of hydrogen-bond donors (Lipinski definition) is 1. The van der Waals surface area contributed by atoms with Gasteiger partial charge in [-0.15, -0.1) is 0 Å². The van der Waals surface area contributed by atoms with Crippen molar-refractivity contribution in [2.24, 2.45) is 0 Å². The lowest BCUT2D eigenvalue weighted by Gasteiger charge is -2.07. The minimum atomic E-state index is 0.656. The molecule has 78 valence electrons. The van der Waals surface area contributed by atoms with Gasteiger partial charge in [-0.05, 0) is 31.2 Å². The van der Waals surface area contributed by atoms with Gasteiger partial charge in [-0.2, -0.15) is 5.26 Å². The van der Waals surface area contributed by atoms with Crippen LogP contribution in [0, 0.1) is 18.3 Å². The molecule has 0 aliphatic heterocycles. The van der Waals surface area contributed by atoms with Gasteiger partial charge in [0.2, 0.25) is 0 Å². The monoisotopic (exact) mass is 208 g/mol. The van der Waals surface area contributed by atoms with E-state index in [9.17, 15) is 0 Å². The zero-order chi connectivity index (χ0) is 11.4. The highest BCUT2D eigenvalue weighted by Gasteiger charge is 2.00. The maximum Gasteiger partial charge on any atom is 0.101 e. The number of aryl methyl sites for hydroxylation is 1. The van der Waals surface area contributed by atoms with E-state index in [0.717, 1.165) is 11.4 Å². The van der Waals surface area contributed by atoms with Crippen LogP contribution in [0.3, 0.4) is 0 Å². The van der Waals surface area contributed by atoms with Crippen LogP contribution in [0.5, 0.6) is 0 Å². The van der Waals surface area contributed by atoms with Gasteiger partial charge in [0.25, 0.3) is 0 Å². The van der Waals surface area contributed by atoms with E-state index in [0.29, 0.717) is 5.56 Å². The Morgan fingerprint density at radius 3 is 2.38 bits per heavy atom. The third-order valence-corrected chi connectivity index (χ3v) is 2.38. The smallest absolute Gasteiger partial charge is 0.101 e. The number of para-hydroxylation sites is 1. The quantitative estimate of drug-likeness (QED) is 0.818. The summed E-state index contributed by atoms with van der Waals surface area (Å²) in [4.78, 5) is 0. The molecule has 0 saturated heterocycles. The van der Waals surface area contributed by atoms with Crippen molar-refractivity contribution < 1.29 is 0 Å². The first-order valence-corrected chi connectivity index (χ1v) is 5.12. The van der Waals surface area contributed by atoms with E-state index >= 15 is 0 Å². The van der Waals surface area contributed by atoms with E-state index in [1.54, 1.807) is 6.07 Å². The van der Waals surface area contributed by atoms with Crippen molar-refractivity contribution in [1.82, 2.24) is 0 Å². The number of benzene rings is 2. The van der Waals surface area contributed by atoms with E-state index < -0.39 is 0 Å². The SMILES string of the molecule is Cc1ccc(Nc2ccccc2C#N)cc1. The second kappa shape index (κ2) is 4.50. The van der Waals surface area contributed by atoms with Crippen LogP contribution in [0.15, 0.2) is 48.5 Å². The van der Waals surface area contributed by atoms with Gasteiger partial charge in [-0.3, -0.25) is 0 Å². The molecule has 2 heteroatoms. The first kappa shape index (κ1) is 10.3. The summed E-state index contributed by atoms with van der Waals surface area (Å²) in [7, 11) is 0. The normalized spacial score (nSPS) is 9.50. The molecule has 0 spiro atoms. The largest absolute Gasteiger partial charge is 0.354 e. The van der Waals surface area contributed by atoms with Crippen LogP contribution < -0.4 is 5.32 Å². The minimum Gasteiger partial charge on any atom is -0.354 e. The number of anilines is 2. The lowest BCUT2D eigenvalue weighted by atomic mass is 10.1. The summed E-state index contributed by atoms with van der Waals surface area (Å²) >= 11 is 0. The van der Waals surface area contributed by atoms with E-state index in [1.807, 2.05) is 49.4 Å². The average molecular weight is 208 g/mol. The summed E-state index contributed by atoms with van der Waals surface area (Å²) in [6.07, 6.45) is 0. The number of rotatable bonds is 2. The van der Waals surface area contributed by atoms with Crippen molar-refractivity contribution in [3.8, 4) is 6.07 Å². The Labute approximate surface area is 95.2 Å². The van der Waals surface area contributed by atoms with E-state index in [-0.39, 0.29) is 0 Å². The molecule has 0 saturated carbocycles. The summed E-state index contributed by atoms with van der Waals surface area (Å²) in [5.74, 6) is 0. The molecule has 0 unspecified atom stereocenters. The van der Waals surface area contributed by atoms with Gasteiger partial charge in [0.1, 0.15) is 6.07 Å².